The van der Waals surface area contributed by atoms with E-state index in [0.717, 1.165) is 51.4 Å². The normalized spacial score (nSPS) is 18.8. The second-order valence-electron chi connectivity index (χ2n) is 10.4. The monoisotopic (exact) mass is 570 g/mol. The van der Waals surface area contributed by atoms with Crippen molar-refractivity contribution in [3.63, 3.8) is 0 Å². The van der Waals surface area contributed by atoms with Gasteiger partial charge < -0.3 is 21.3 Å². The molecule has 1 aliphatic carbocycles. The van der Waals surface area contributed by atoms with E-state index in [1.165, 1.54) is 6.08 Å². The molecule has 9 nitrogen and oxygen atoms in total. The van der Waals surface area contributed by atoms with Crippen LogP contribution >= 0.6 is 11.6 Å². The van der Waals surface area contributed by atoms with Gasteiger partial charge >= 0.3 is 6.03 Å². The Kier molecular flexibility index (Phi) is 11.9. The van der Waals surface area contributed by atoms with Gasteiger partial charge in [-0.2, -0.15) is 0 Å². The van der Waals surface area contributed by atoms with E-state index in [4.69, 9.17) is 11.6 Å². The molecule has 1 saturated heterocycles. The molecular weight excluding hydrogens is 532 g/mol. The number of carbonyl (C=O) groups is 5. The van der Waals surface area contributed by atoms with Crippen molar-refractivity contribution in [2.45, 2.75) is 83.7 Å². The smallest absolute Gasteiger partial charge is 0.315 e. The van der Waals surface area contributed by atoms with Crippen molar-refractivity contribution in [2.75, 3.05) is 13.1 Å². The molecule has 216 valence electrons. The van der Waals surface area contributed by atoms with E-state index in [1.54, 1.807) is 31.2 Å². The molecule has 1 fully saturated rings. The average Bonchev–Trinajstić information content (AvgIpc) is 3.26. The van der Waals surface area contributed by atoms with E-state index >= 15 is 0 Å². The zero-order valence-corrected chi connectivity index (χ0v) is 24.0. The van der Waals surface area contributed by atoms with Crippen LogP contribution in [-0.2, 0) is 9.59 Å². The maximum Gasteiger partial charge on any atom is 0.315 e. The molecule has 2 atom stereocenters. The highest BCUT2D eigenvalue weighted by molar-refractivity contribution is 6.50. The van der Waals surface area contributed by atoms with E-state index in [9.17, 15) is 24.0 Å². The summed E-state index contributed by atoms with van der Waals surface area (Å²) in [5.74, 6) is -1.05. The standard InChI is InChI=1S/C30H39ClN4O5/c1-19(18-23-26(31)28(38)22-13-9-8-12-21(22)27(23)37)29(39)33-17-11-4-3-10-16-32-25(36)15-7-5-6-14-24-20(2)34-30(40)35-24/h8-9,12-13,18,20,24H,3-7,10-11,14-17H2,1-2H3,(H,32,36)(H,33,39)(H2,34,35,40)/t20-,24?/m0/s1. The number of benzene rings is 1. The number of urea groups is 1. The largest absolute Gasteiger partial charge is 0.356 e. The Bertz CT molecular complexity index is 1190. The lowest BCUT2D eigenvalue weighted by atomic mass is 9.88. The zero-order chi connectivity index (χ0) is 29.1. The molecule has 4 amide bonds. The van der Waals surface area contributed by atoms with Gasteiger partial charge in [-0.3, -0.25) is 19.2 Å². The molecule has 40 heavy (non-hydrogen) atoms. The predicted molar refractivity (Wildman–Crippen MR) is 154 cm³/mol. The number of hydrogen-bond donors (Lipinski definition) is 4. The van der Waals surface area contributed by atoms with E-state index in [2.05, 4.69) is 21.3 Å². The summed E-state index contributed by atoms with van der Waals surface area (Å²) in [7, 11) is 0. The molecule has 0 spiro atoms. The van der Waals surface area contributed by atoms with Crippen LogP contribution < -0.4 is 21.3 Å². The van der Waals surface area contributed by atoms with Crippen LogP contribution in [0.25, 0.3) is 0 Å². The SMILES string of the molecule is CC(=CC1=C(Cl)C(=O)c2ccccc2C1=O)C(=O)NCCCCCCNC(=O)CCCCCC1NC(=O)N[C@H]1C. The Morgan fingerprint density at radius 3 is 2.15 bits per heavy atom. The van der Waals surface area contributed by atoms with Gasteiger partial charge in [0, 0.05) is 47.8 Å². The molecule has 1 aromatic rings. The molecule has 0 aromatic heterocycles. The van der Waals surface area contributed by atoms with Crippen LogP contribution in [0.5, 0.6) is 0 Å². The molecule has 3 rings (SSSR count). The zero-order valence-electron chi connectivity index (χ0n) is 23.2. The molecule has 10 heteroatoms. The number of fused-ring (bicyclic) bond motifs is 1. The number of carbonyl (C=O) groups excluding carboxylic acids is 5. The fourth-order valence-electron chi connectivity index (χ4n) is 4.83. The first kappa shape index (κ1) is 31.1. The lowest BCUT2D eigenvalue weighted by molar-refractivity contribution is -0.121. The van der Waals surface area contributed by atoms with Gasteiger partial charge in [0.25, 0.3) is 0 Å². The highest BCUT2D eigenvalue weighted by Gasteiger charge is 2.30. The quantitative estimate of drug-likeness (QED) is 0.184. The third-order valence-corrected chi connectivity index (χ3v) is 7.60. The van der Waals surface area contributed by atoms with Gasteiger partial charge in [-0.15, -0.1) is 0 Å². The van der Waals surface area contributed by atoms with Gasteiger partial charge in [0.2, 0.25) is 17.6 Å². The van der Waals surface area contributed by atoms with Gasteiger partial charge in [0.15, 0.2) is 5.78 Å². The molecule has 0 bridgehead atoms. The number of Topliss-reactive ketones (excluding diaryl/α,β-unsaturated/α-hetero) is 2. The van der Waals surface area contributed by atoms with E-state index in [1.807, 2.05) is 6.92 Å². The first-order valence-corrected chi connectivity index (χ1v) is 14.4. The summed E-state index contributed by atoms with van der Waals surface area (Å²) in [5, 5.41) is 11.4. The Balaban J connectivity index is 1.23. The van der Waals surface area contributed by atoms with Crippen LogP contribution in [0.3, 0.4) is 0 Å². The molecule has 4 N–H and O–H groups in total. The van der Waals surface area contributed by atoms with Crippen LogP contribution in [0.1, 0.15) is 92.4 Å². The number of unbranched alkanes of at least 4 members (excludes halogenated alkanes) is 5. The fraction of sp³-hybridized carbons (Fsp3) is 0.500. The van der Waals surface area contributed by atoms with Gasteiger partial charge in [-0.25, -0.2) is 4.79 Å². The summed E-state index contributed by atoms with van der Waals surface area (Å²) in [6, 6.07) is 6.71. The minimum absolute atomic E-state index is 0.0336. The Morgan fingerprint density at radius 1 is 0.875 bits per heavy atom. The van der Waals surface area contributed by atoms with Gasteiger partial charge in [-0.1, -0.05) is 61.5 Å². The predicted octanol–water partition coefficient (Wildman–Crippen LogP) is 4.32. The Morgan fingerprint density at radius 2 is 1.50 bits per heavy atom. The lowest BCUT2D eigenvalue weighted by Crippen LogP contribution is -2.30. The summed E-state index contributed by atoms with van der Waals surface area (Å²) in [6.45, 7) is 4.70. The molecule has 1 unspecified atom stereocenters. The lowest BCUT2D eigenvalue weighted by Gasteiger charge is -2.16. The Labute approximate surface area is 240 Å². The molecule has 1 aromatic carbocycles. The first-order chi connectivity index (χ1) is 19.2. The topological polar surface area (TPSA) is 133 Å². The number of allylic oxidation sites excluding steroid dienone is 3. The number of rotatable bonds is 15. The van der Waals surface area contributed by atoms with Crippen LogP contribution in [-0.4, -0.2) is 54.6 Å². The minimum atomic E-state index is -0.424. The summed E-state index contributed by atoms with van der Waals surface area (Å²) in [6.07, 6.45) is 9.08. The van der Waals surface area contributed by atoms with Crippen molar-refractivity contribution in [3.8, 4) is 0 Å². The highest BCUT2D eigenvalue weighted by atomic mass is 35.5. The van der Waals surface area contributed by atoms with Crippen molar-refractivity contribution >= 4 is 41.0 Å². The van der Waals surface area contributed by atoms with Crippen LogP contribution in [0.4, 0.5) is 4.79 Å². The van der Waals surface area contributed by atoms with Gasteiger partial charge in [0.05, 0.1) is 11.1 Å². The fourth-order valence-corrected chi connectivity index (χ4v) is 5.07. The molecule has 0 radical (unpaired) electrons. The van der Waals surface area contributed by atoms with E-state index in [-0.39, 0.29) is 57.4 Å². The van der Waals surface area contributed by atoms with Gasteiger partial charge in [0.1, 0.15) is 0 Å². The van der Waals surface area contributed by atoms with Crippen molar-refractivity contribution in [1.29, 1.82) is 0 Å². The van der Waals surface area contributed by atoms with E-state index in [0.29, 0.717) is 25.1 Å². The van der Waals surface area contributed by atoms with Crippen molar-refractivity contribution in [1.82, 2.24) is 21.3 Å². The van der Waals surface area contributed by atoms with Crippen molar-refractivity contribution in [2.24, 2.45) is 0 Å². The highest BCUT2D eigenvalue weighted by Crippen LogP contribution is 2.29. The van der Waals surface area contributed by atoms with Crippen LogP contribution in [0.15, 0.2) is 46.5 Å². The second kappa shape index (κ2) is 15.4. The third kappa shape index (κ3) is 8.78. The number of amides is 4. The Hall–Kier alpha value is -3.46. The van der Waals surface area contributed by atoms with Crippen molar-refractivity contribution in [3.05, 3.63) is 57.6 Å². The maximum absolute atomic E-state index is 12.8. The molecule has 1 heterocycles. The maximum atomic E-state index is 12.8. The summed E-state index contributed by atoms with van der Waals surface area (Å²) in [5.41, 5.74) is 0.888. The van der Waals surface area contributed by atoms with Crippen LogP contribution in [0, 0.1) is 0 Å². The number of hydrogen-bond acceptors (Lipinski definition) is 5. The molecule has 2 aliphatic rings. The van der Waals surface area contributed by atoms with Gasteiger partial charge in [-0.05, 0) is 45.6 Å². The minimum Gasteiger partial charge on any atom is -0.356 e. The third-order valence-electron chi connectivity index (χ3n) is 7.22. The summed E-state index contributed by atoms with van der Waals surface area (Å²) in [4.78, 5) is 61.1. The van der Waals surface area contributed by atoms with Crippen molar-refractivity contribution < 1.29 is 24.0 Å². The number of ketones is 2. The first-order valence-electron chi connectivity index (χ1n) is 14.1. The average molecular weight is 571 g/mol. The van der Waals surface area contributed by atoms with E-state index < -0.39 is 5.78 Å². The van der Waals surface area contributed by atoms with Crippen LogP contribution in [0.2, 0.25) is 0 Å². The second-order valence-corrected chi connectivity index (χ2v) is 10.8. The molecular formula is C30H39ClN4O5. The molecule has 1 aliphatic heterocycles. The molecule has 0 saturated carbocycles. The number of halogens is 1. The number of nitrogens with one attached hydrogen (secondary N) is 4. The summed E-state index contributed by atoms with van der Waals surface area (Å²) >= 11 is 6.17. The summed E-state index contributed by atoms with van der Waals surface area (Å²) < 4.78 is 0.